The van der Waals surface area contributed by atoms with E-state index in [0.29, 0.717) is 3.57 Å². The van der Waals surface area contributed by atoms with Crippen LogP contribution in [0, 0.1) is 10.5 Å². The quantitative estimate of drug-likeness (QED) is 0.578. The van der Waals surface area contributed by atoms with E-state index in [2.05, 4.69) is 0 Å². The molecule has 0 saturated carbocycles. The zero-order valence-corrected chi connectivity index (χ0v) is 8.90. The molecule has 0 aromatic heterocycles. The highest BCUT2D eigenvalue weighted by molar-refractivity contribution is 14.1. The van der Waals surface area contributed by atoms with Gasteiger partial charge < -0.3 is 5.73 Å². The first-order valence-electron chi connectivity index (χ1n) is 3.46. The smallest absolute Gasteiger partial charge is 0.397 e. The number of halogens is 4. The molecular formula is C8H7F3IN. The van der Waals surface area contributed by atoms with E-state index >= 15 is 0 Å². The van der Waals surface area contributed by atoms with Gasteiger partial charge in [-0.15, -0.1) is 0 Å². The van der Waals surface area contributed by atoms with E-state index in [-0.39, 0.29) is 11.3 Å². The molecule has 5 heteroatoms. The second-order valence-corrected chi connectivity index (χ2v) is 3.81. The van der Waals surface area contributed by atoms with Crippen LogP contribution >= 0.6 is 22.6 Å². The molecule has 0 atom stereocenters. The molecule has 1 aromatic carbocycles. The summed E-state index contributed by atoms with van der Waals surface area (Å²) in [6.45, 7) is 1.40. The third-order valence-corrected chi connectivity index (χ3v) is 2.62. The minimum Gasteiger partial charge on any atom is -0.397 e. The van der Waals surface area contributed by atoms with Crippen LogP contribution in [0.25, 0.3) is 0 Å². The van der Waals surface area contributed by atoms with Crippen molar-refractivity contribution >= 4 is 28.3 Å². The number of hydrogen-bond acceptors (Lipinski definition) is 1. The molecule has 2 N–H and O–H groups in total. The summed E-state index contributed by atoms with van der Waals surface area (Å²) in [5.41, 5.74) is 4.59. The average Bonchev–Trinajstić information content (AvgIpc) is 1.95. The van der Waals surface area contributed by atoms with Crippen LogP contribution in [0.15, 0.2) is 12.1 Å². The molecule has 0 heterocycles. The number of anilines is 1. The van der Waals surface area contributed by atoms with Crippen LogP contribution in [0.4, 0.5) is 18.9 Å². The largest absolute Gasteiger partial charge is 0.418 e. The van der Waals surface area contributed by atoms with Crippen molar-refractivity contribution in [2.24, 2.45) is 0 Å². The highest BCUT2D eigenvalue weighted by Crippen LogP contribution is 2.37. The van der Waals surface area contributed by atoms with Gasteiger partial charge in [0, 0.05) is 3.57 Å². The molecule has 0 bridgehead atoms. The fourth-order valence-corrected chi connectivity index (χ4v) is 1.53. The molecule has 0 radical (unpaired) electrons. The van der Waals surface area contributed by atoms with Crippen LogP contribution in [-0.4, -0.2) is 0 Å². The molecule has 1 rings (SSSR count). The summed E-state index contributed by atoms with van der Waals surface area (Å²) in [6, 6.07) is 2.99. The highest BCUT2D eigenvalue weighted by atomic mass is 127. The van der Waals surface area contributed by atoms with E-state index in [1.165, 1.54) is 13.0 Å². The topological polar surface area (TPSA) is 26.0 Å². The maximum atomic E-state index is 12.4. The number of nitrogens with two attached hydrogens (primary N) is 1. The zero-order chi connectivity index (χ0) is 10.2. The Morgan fingerprint density at radius 2 is 1.85 bits per heavy atom. The molecule has 72 valence electrons. The first-order chi connectivity index (χ1) is 5.84. The van der Waals surface area contributed by atoms with Crippen LogP contribution in [-0.2, 0) is 6.18 Å². The summed E-state index contributed by atoms with van der Waals surface area (Å²) in [4.78, 5) is 0. The fourth-order valence-electron chi connectivity index (χ4n) is 1.08. The van der Waals surface area contributed by atoms with E-state index in [1.54, 1.807) is 28.7 Å². The van der Waals surface area contributed by atoms with Gasteiger partial charge in [0.1, 0.15) is 0 Å². The number of nitrogen functional groups attached to an aromatic ring is 1. The number of benzene rings is 1. The molecule has 0 aliphatic carbocycles. The second kappa shape index (κ2) is 3.36. The van der Waals surface area contributed by atoms with Gasteiger partial charge in [0.25, 0.3) is 0 Å². The Bertz CT molecular complexity index is 333. The maximum absolute atomic E-state index is 12.4. The highest BCUT2D eigenvalue weighted by Gasteiger charge is 2.35. The molecule has 0 spiro atoms. The Labute approximate surface area is 87.3 Å². The van der Waals surface area contributed by atoms with E-state index in [1.807, 2.05) is 0 Å². The van der Waals surface area contributed by atoms with Crippen molar-refractivity contribution in [2.75, 3.05) is 5.73 Å². The van der Waals surface area contributed by atoms with E-state index in [0.717, 1.165) is 0 Å². The van der Waals surface area contributed by atoms with Crippen molar-refractivity contribution < 1.29 is 13.2 Å². The summed E-state index contributed by atoms with van der Waals surface area (Å²) >= 11 is 1.78. The van der Waals surface area contributed by atoms with Gasteiger partial charge in [-0.2, -0.15) is 13.2 Å². The van der Waals surface area contributed by atoms with Gasteiger partial charge in [0.05, 0.1) is 11.3 Å². The van der Waals surface area contributed by atoms with Crippen LogP contribution in [0.3, 0.4) is 0 Å². The summed E-state index contributed by atoms with van der Waals surface area (Å²) < 4.78 is 37.6. The van der Waals surface area contributed by atoms with Crippen molar-refractivity contribution in [3.63, 3.8) is 0 Å². The second-order valence-electron chi connectivity index (χ2n) is 2.65. The van der Waals surface area contributed by atoms with Crippen molar-refractivity contribution in [1.82, 2.24) is 0 Å². The summed E-state index contributed by atoms with van der Waals surface area (Å²) in [5, 5.41) is 0. The van der Waals surface area contributed by atoms with E-state index < -0.39 is 11.7 Å². The molecule has 13 heavy (non-hydrogen) atoms. The van der Waals surface area contributed by atoms with E-state index in [9.17, 15) is 13.2 Å². The Hall–Kier alpha value is -0.460. The van der Waals surface area contributed by atoms with Crippen molar-refractivity contribution in [3.8, 4) is 0 Å². The first kappa shape index (κ1) is 10.6. The third kappa shape index (κ3) is 2.07. The van der Waals surface area contributed by atoms with Crippen molar-refractivity contribution in [1.29, 1.82) is 0 Å². The lowest BCUT2D eigenvalue weighted by atomic mass is 10.1. The van der Waals surface area contributed by atoms with Gasteiger partial charge in [-0.05, 0) is 41.1 Å². The Balaban J connectivity index is 3.43. The molecule has 0 unspecified atom stereocenters. The molecule has 1 aromatic rings. The number of rotatable bonds is 0. The Morgan fingerprint density at radius 3 is 2.23 bits per heavy atom. The zero-order valence-electron chi connectivity index (χ0n) is 6.74. The maximum Gasteiger partial charge on any atom is 0.418 e. The Kier molecular flexibility index (Phi) is 2.74. The van der Waals surface area contributed by atoms with Gasteiger partial charge in [-0.1, -0.05) is 6.07 Å². The minimum atomic E-state index is -4.37. The first-order valence-corrected chi connectivity index (χ1v) is 4.53. The molecule has 0 amide bonds. The molecule has 0 fully saturated rings. The molecule has 0 saturated heterocycles. The van der Waals surface area contributed by atoms with Crippen molar-refractivity contribution in [2.45, 2.75) is 13.1 Å². The van der Waals surface area contributed by atoms with Gasteiger partial charge >= 0.3 is 6.18 Å². The normalized spacial score (nSPS) is 11.8. The standard InChI is InChI=1S/C8H7F3IN/c1-4-2-3-5(12)7(13)6(4)8(9,10)11/h2-3H,13H2,1H3. The summed E-state index contributed by atoms with van der Waals surface area (Å²) in [7, 11) is 0. The van der Waals surface area contributed by atoms with Gasteiger partial charge in [-0.25, -0.2) is 0 Å². The van der Waals surface area contributed by atoms with Crippen LogP contribution < -0.4 is 5.73 Å². The number of aryl methyl sites for hydroxylation is 1. The van der Waals surface area contributed by atoms with Crippen LogP contribution in [0.1, 0.15) is 11.1 Å². The lowest BCUT2D eigenvalue weighted by Crippen LogP contribution is -2.12. The van der Waals surface area contributed by atoms with Gasteiger partial charge in [-0.3, -0.25) is 0 Å². The van der Waals surface area contributed by atoms with Gasteiger partial charge in [0.15, 0.2) is 0 Å². The molecule has 0 aliphatic rings. The molecule has 0 aliphatic heterocycles. The lowest BCUT2D eigenvalue weighted by Gasteiger charge is -2.13. The molecule has 1 nitrogen and oxygen atoms in total. The Morgan fingerprint density at radius 1 is 1.31 bits per heavy atom. The minimum absolute atomic E-state index is 0.158. The predicted octanol–water partition coefficient (Wildman–Crippen LogP) is 3.20. The van der Waals surface area contributed by atoms with Crippen LogP contribution in [0.2, 0.25) is 0 Å². The summed E-state index contributed by atoms with van der Waals surface area (Å²) in [6.07, 6.45) is -4.37. The predicted molar refractivity (Wildman–Crippen MR) is 53.3 cm³/mol. The summed E-state index contributed by atoms with van der Waals surface area (Å²) in [5.74, 6) is 0. The third-order valence-electron chi connectivity index (χ3n) is 1.68. The SMILES string of the molecule is Cc1ccc(I)c(N)c1C(F)(F)F. The van der Waals surface area contributed by atoms with Crippen molar-refractivity contribution in [3.05, 3.63) is 26.8 Å². The van der Waals surface area contributed by atoms with E-state index in [4.69, 9.17) is 5.73 Å². The number of hydrogen-bond donors (Lipinski definition) is 1. The van der Waals surface area contributed by atoms with Crippen LogP contribution in [0.5, 0.6) is 0 Å². The monoisotopic (exact) mass is 301 g/mol. The lowest BCUT2D eigenvalue weighted by molar-refractivity contribution is -0.137. The van der Waals surface area contributed by atoms with Gasteiger partial charge in [0.2, 0.25) is 0 Å². The fraction of sp³-hybridized carbons (Fsp3) is 0.250. The average molecular weight is 301 g/mol. The molecular weight excluding hydrogens is 294 g/mol. The number of alkyl halides is 3.